The number of anilines is 1. The second kappa shape index (κ2) is 9.24. The molecule has 0 N–H and O–H groups in total. The van der Waals surface area contributed by atoms with E-state index < -0.39 is 0 Å². The Balaban J connectivity index is 1.43. The first-order valence-corrected chi connectivity index (χ1v) is 11.4. The van der Waals surface area contributed by atoms with Gasteiger partial charge in [0.15, 0.2) is 5.82 Å². The van der Waals surface area contributed by atoms with E-state index in [2.05, 4.69) is 37.5 Å². The lowest BCUT2D eigenvalue weighted by Crippen LogP contribution is -2.48. The SMILES string of the molecule is COc1cccc(N2CCN(C(c3ccccc3F)c3nnnn3C3CCCC3)CC2)c1. The lowest BCUT2D eigenvalue weighted by Gasteiger charge is -2.40. The summed E-state index contributed by atoms with van der Waals surface area (Å²) in [6.45, 7) is 3.24. The summed E-state index contributed by atoms with van der Waals surface area (Å²) >= 11 is 0. The van der Waals surface area contributed by atoms with E-state index in [9.17, 15) is 4.39 Å². The van der Waals surface area contributed by atoms with Gasteiger partial charge in [-0.1, -0.05) is 37.1 Å². The van der Waals surface area contributed by atoms with Gasteiger partial charge in [-0.2, -0.15) is 0 Å². The monoisotopic (exact) mass is 436 g/mol. The van der Waals surface area contributed by atoms with Gasteiger partial charge in [0.05, 0.1) is 13.2 Å². The van der Waals surface area contributed by atoms with E-state index in [1.807, 2.05) is 28.9 Å². The Kier molecular flexibility index (Phi) is 6.03. The third kappa shape index (κ3) is 4.07. The molecule has 3 aromatic rings. The average Bonchev–Trinajstić information content (AvgIpc) is 3.53. The molecule has 1 saturated heterocycles. The number of benzene rings is 2. The molecule has 0 bridgehead atoms. The minimum atomic E-state index is -0.306. The Labute approximate surface area is 187 Å². The molecular weight excluding hydrogens is 407 g/mol. The Bertz CT molecular complexity index is 1040. The summed E-state index contributed by atoms with van der Waals surface area (Å²) in [6, 6.07) is 15.1. The second-order valence-electron chi connectivity index (χ2n) is 8.57. The Morgan fingerprint density at radius 3 is 2.53 bits per heavy atom. The van der Waals surface area contributed by atoms with Crippen molar-refractivity contribution in [3.05, 3.63) is 65.7 Å². The zero-order chi connectivity index (χ0) is 21.9. The van der Waals surface area contributed by atoms with Crippen molar-refractivity contribution in [3.63, 3.8) is 0 Å². The molecule has 8 heteroatoms. The highest BCUT2D eigenvalue weighted by Gasteiger charge is 2.34. The Morgan fingerprint density at radius 2 is 1.78 bits per heavy atom. The van der Waals surface area contributed by atoms with Crippen molar-refractivity contribution in [1.82, 2.24) is 25.1 Å². The van der Waals surface area contributed by atoms with Crippen molar-refractivity contribution in [1.29, 1.82) is 0 Å². The zero-order valence-corrected chi connectivity index (χ0v) is 18.4. The highest BCUT2D eigenvalue weighted by Crippen LogP contribution is 2.35. The van der Waals surface area contributed by atoms with Crippen LogP contribution in [0.25, 0.3) is 0 Å². The fourth-order valence-electron chi connectivity index (χ4n) is 5.03. The summed E-state index contributed by atoms with van der Waals surface area (Å²) in [5.74, 6) is 1.38. The molecule has 2 aromatic carbocycles. The molecule has 1 aromatic heterocycles. The van der Waals surface area contributed by atoms with Gasteiger partial charge in [-0.25, -0.2) is 9.07 Å². The number of methoxy groups -OCH3 is 1. The molecule has 0 amide bonds. The van der Waals surface area contributed by atoms with Gasteiger partial charge in [0.2, 0.25) is 0 Å². The number of ether oxygens (including phenoxy) is 1. The van der Waals surface area contributed by atoms with Crippen molar-refractivity contribution in [3.8, 4) is 5.75 Å². The minimum absolute atomic E-state index is 0.214. The third-order valence-electron chi connectivity index (χ3n) is 6.73. The van der Waals surface area contributed by atoms with Crippen LogP contribution >= 0.6 is 0 Å². The standard InChI is InChI=1S/C24H29FN6O/c1-32-20-10-6-9-19(17-20)29-13-15-30(16-14-29)23(21-11-4-5-12-22(21)25)24-26-27-28-31(24)18-7-2-3-8-18/h4-6,9-12,17-18,23H,2-3,7-8,13-16H2,1H3. The molecule has 2 fully saturated rings. The van der Waals surface area contributed by atoms with Gasteiger partial charge in [0.1, 0.15) is 17.6 Å². The molecule has 1 aliphatic heterocycles. The lowest BCUT2D eigenvalue weighted by molar-refractivity contribution is 0.194. The van der Waals surface area contributed by atoms with Crippen LogP contribution < -0.4 is 9.64 Å². The van der Waals surface area contributed by atoms with Crippen LogP contribution in [0, 0.1) is 5.82 Å². The third-order valence-corrected chi connectivity index (χ3v) is 6.73. The van der Waals surface area contributed by atoms with E-state index in [0.29, 0.717) is 11.6 Å². The molecule has 1 unspecified atom stereocenters. The molecule has 2 aliphatic rings. The molecule has 2 heterocycles. The van der Waals surface area contributed by atoms with Crippen LogP contribution in [-0.2, 0) is 0 Å². The Morgan fingerprint density at radius 1 is 1.00 bits per heavy atom. The first-order valence-electron chi connectivity index (χ1n) is 11.4. The summed E-state index contributed by atoms with van der Waals surface area (Å²) in [5, 5.41) is 12.8. The largest absolute Gasteiger partial charge is 0.497 e. The van der Waals surface area contributed by atoms with E-state index in [0.717, 1.165) is 56.3 Å². The minimum Gasteiger partial charge on any atom is -0.497 e. The van der Waals surface area contributed by atoms with E-state index in [1.165, 1.54) is 18.9 Å². The smallest absolute Gasteiger partial charge is 0.173 e. The van der Waals surface area contributed by atoms with Crippen molar-refractivity contribution in [2.24, 2.45) is 0 Å². The van der Waals surface area contributed by atoms with Gasteiger partial charge in [-0.3, -0.25) is 4.90 Å². The van der Waals surface area contributed by atoms with Crippen LogP contribution in [0.2, 0.25) is 0 Å². The van der Waals surface area contributed by atoms with Gasteiger partial charge in [-0.05, 0) is 41.5 Å². The lowest BCUT2D eigenvalue weighted by atomic mass is 10.0. The van der Waals surface area contributed by atoms with Gasteiger partial charge < -0.3 is 9.64 Å². The second-order valence-corrected chi connectivity index (χ2v) is 8.57. The van der Waals surface area contributed by atoms with Crippen molar-refractivity contribution in [2.75, 3.05) is 38.2 Å². The number of aromatic nitrogens is 4. The number of rotatable bonds is 6. The predicted molar refractivity (Wildman–Crippen MR) is 120 cm³/mol. The summed E-state index contributed by atoms with van der Waals surface area (Å²) in [4.78, 5) is 4.66. The first kappa shape index (κ1) is 20.9. The molecule has 168 valence electrons. The predicted octanol–water partition coefficient (Wildman–Crippen LogP) is 3.85. The highest BCUT2D eigenvalue weighted by atomic mass is 19.1. The Hall–Kier alpha value is -3.00. The normalized spacial score (nSPS) is 18.8. The molecule has 0 spiro atoms. The maximum atomic E-state index is 15.0. The molecular formula is C24H29FN6O. The maximum Gasteiger partial charge on any atom is 0.173 e. The van der Waals surface area contributed by atoms with Crippen LogP contribution in [0.4, 0.5) is 10.1 Å². The number of hydrogen-bond acceptors (Lipinski definition) is 6. The number of halogens is 1. The summed E-state index contributed by atoms with van der Waals surface area (Å²) in [6.07, 6.45) is 4.53. The van der Waals surface area contributed by atoms with Gasteiger partial charge >= 0.3 is 0 Å². The maximum absolute atomic E-state index is 15.0. The highest BCUT2D eigenvalue weighted by molar-refractivity contribution is 5.51. The number of tetrazole rings is 1. The van der Waals surface area contributed by atoms with Crippen molar-refractivity contribution >= 4 is 5.69 Å². The first-order chi connectivity index (χ1) is 15.7. The number of nitrogens with zero attached hydrogens (tertiary/aromatic N) is 6. The van der Waals surface area contributed by atoms with Crippen molar-refractivity contribution in [2.45, 2.75) is 37.8 Å². The molecule has 0 radical (unpaired) electrons. The van der Waals surface area contributed by atoms with Gasteiger partial charge in [0, 0.05) is 43.5 Å². The van der Waals surface area contributed by atoms with Crippen LogP contribution in [0.15, 0.2) is 48.5 Å². The molecule has 1 saturated carbocycles. The quantitative estimate of drug-likeness (QED) is 0.585. The fourth-order valence-corrected chi connectivity index (χ4v) is 5.03. The molecule has 7 nitrogen and oxygen atoms in total. The molecule has 32 heavy (non-hydrogen) atoms. The van der Waals surface area contributed by atoms with Crippen LogP contribution in [-0.4, -0.2) is 58.4 Å². The van der Waals surface area contributed by atoms with Gasteiger partial charge in [0.25, 0.3) is 0 Å². The molecule has 1 atom stereocenters. The van der Waals surface area contributed by atoms with Crippen LogP contribution in [0.1, 0.15) is 49.2 Å². The summed E-state index contributed by atoms with van der Waals surface area (Å²) in [7, 11) is 1.69. The zero-order valence-electron chi connectivity index (χ0n) is 18.4. The average molecular weight is 437 g/mol. The van der Waals surface area contributed by atoms with E-state index in [4.69, 9.17) is 4.74 Å². The van der Waals surface area contributed by atoms with E-state index in [-0.39, 0.29) is 11.9 Å². The number of hydrogen-bond donors (Lipinski definition) is 0. The van der Waals surface area contributed by atoms with E-state index >= 15 is 0 Å². The van der Waals surface area contributed by atoms with Gasteiger partial charge in [-0.15, -0.1) is 5.10 Å². The van der Waals surface area contributed by atoms with E-state index in [1.54, 1.807) is 13.2 Å². The number of piperazine rings is 1. The van der Waals surface area contributed by atoms with Crippen LogP contribution in [0.3, 0.4) is 0 Å². The summed E-state index contributed by atoms with van der Waals surface area (Å²) < 4.78 is 22.3. The molecule has 5 rings (SSSR count). The molecule has 1 aliphatic carbocycles. The summed E-state index contributed by atoms with van der Waals surface area (Å²) in [5.41, 5.74) is 1.78. The van der Waals surface area contributed by atoms with Crippen molar-refractivity contribution < 1.29 is 9.13 Å². The van der Waals surface area contributed by atoms with Crippen LogP contribution in [0.5, 0.6) is 5.75 Å². The topological polar surface area (TPSA) is 59.3 Å². The fraction of sp³-hybridized carbons (Fsp3) is 0.458.